The van der Waals surface area contributed by atoms with Crippen molar-refractivity contribution in [2.75, 3.05) is 12.8 Å². The van der Waals surface area contributed by atoms with E-state index in [4.69, 9.17) is 15.2 Å². The van der Waals surface area contributed by atoms with Crippen molar-refractivity contribution in [1.29, 1.82) is 0 Å². The van der Waals surface area contributed by atoms with E-state index in [1.54, 1.807) is 25.3 Å². The van der Waals surface area contributed by atoms with Crippen LogP contribution in [0.25, 0.3) is 0 Å². The number of esters is 1. The first-order valence-corrected chi connectivity index (χ1v) is 7.29. The molecule has 1 fully saturated rings. The highest BCUT2D eigenvalue weighted by molar-refractivity contribution is 5.91. The van der Waals surface area contributed by atoms with E-state index in [1.165, 1.54) is 6.42 Å². The molecule has 0 saturated heterocycles. The third-order valence-electron chi connectivity index (χ3n) is 4.02. The molecule has 2 unspecified atom stereocenters. The van der Waals surface area contributed by atoms with Crippen LogP contribution in [0.2, 0.25) is 0 Å². The number of carbonyl (C=O) groups excluding carboxylic acids is 1. The fourth-order valence-electron chi connectivity index (χ4n) is 2.86. The third-order valence-corrected chi connectivity index (χ3v) is 4.02. The number of nitrogens with two attached hydrogens (primary N) is 1. The first-order valence-electron chi connectivity index (χ1n) is 7.29. The maximum atomic E-state index is 12.3. The molecule has 0 radical (unpaired) electrons. The molecule has 2 N–H and O–H groups in total. The fraction of sp³-hybridized carbons (Fsp3) is 0.562. The van der Waals surface area contributed by atoms with Crippen LogP contribution in [-0.4, -0.2) is 19.2 Å². The molecule has 20 heavy (non-hydrogen) atoms. The minimum atomic E-state index is -0.305. The van der Waals surface area contributed by atoms with Gasteiger partial charge in [0.2, 0.25) is 0 Å². The molecule has 1 aromatic rings. The Labute approximate surface area is 120 Å². The zero-order valence-electron chi connectivity index (χ0n) is 12.2. The topological polar surface area (TPSA) is 61.5 Å². The average Bonchev–Trinajstić information content (AvgIpc) is 2.47. The van der Waals surface area contributed by atoms with Crippen LogP contribution < -0.4 is 10.5 Å². The molecule has 1 aromatic carbocycles. The molecule has 4 nitrogen and oxygen atoms in total. The molecule has 110 valence electrons. The zero-order valence-corrected chi connectivity index (χ0v) is 12.2. The Morgan fingerprint density at radius 1 is 1.30 bits per heavy atom. The number of hydrogen-bond acceptors (Lipinski definition) is 4. The Balaban J connectivity index is 2.09. The van der Waals surface area contributed by atoms with Crippen molar-refractivity contribution in [3.63, 3.8) is 0 Å². The van der Waals surface area contributed by atoms with Crippen LogP contribution in [0, 0.1) is 5.92 Å². The Kier molecular flexibility index (Phi) is 4.88. The maximum Gasteiger partial charge on any atom is 0.338 e. The van der Waals surface area contributed by atoms with Crippen LogP contribution in [0.1, 0.15) is 49.4 Å². The van der Waals surface area contributed by atoms with Gasteiger partial charge in [-0.2, -0.15) is 0 Å². The van der Waals surface area contributed by atoms with E-state index in [-0.39, 0.29) is 12.1 Å². The standard InChI is InChI=1S/C16H23NO3/c1-3-11-6-4-5-7-15(11)20-16(18)12-8-13(17)10-14(9-12)19-2/h8-11,15H,3-7,17H2,1-2H3. The van der Waals surface area contributed by atoms with Gasteiger partial charge in [-0.1, -0.05) is 13.3 Å². The third kappa shape index (κ3) is 3.44. The van der Waals surface area contributed by atoms with Gasteiger partial charge in [0, 0.05) is 11.8 Å². The summed E-state index contributed by atoms with van der Waals surface area (Å²) in [6, 6.07) is 4.99. The van der Waals surface area contributed by atoms with Gasteiger partial charge >= 0.3 is 5.97 Å². The second kappa shape index (κ2) is 6.64. The SMILES string of the molecule is CCC1CCCCC1OC(=O)c1cc(N)cc(OC)c1. The van der Waals surface area contributed by atoms with E-state index < -0.39 is 0 Å². The van der Waals surface area contributed by atoms with E-state index in [2.05, 4.69) is 6.92 Å². The van der Waals surface area contributed by atoms with Gasteiger partial charge in [-0.25, -0.2) is 4.79 Å². The number of methoxy groups -OCH3 is 1. The molecule has 0 bridgehead atoms. The molecule has 0 amide bonds. The Morgan fingerprint density at radius 3 is 2.75 bits per heavy atom. The van der Waals surface area contributed by atoms with Crippen molar-refractivity contribution in [2.24, 2.45) is 5.92 Å². The van der Waals surface area contributed by atoms with E-state index in [0.29, 0.717) is 22.9 Å². The van der Waals surface area contributed by atoms with Gasteiger partial charge in [-0.3, -0.25) is 0 Å². The van der Waals surface area contributed by atoms with Crippen molar-refractivity contribution in [3.8, 4) is 5.75 Å². The van der Waals surface area contributed by atoms with Crippen LogP contribution >= 0.6 is 0 Å². The van der Waals surface area contributed by atoms with Crippen LogP contribution in [0.5, 0.6) is 5.75 Å². The van der Waals surface area contributed by atoms with Crippen LogP contribution in [0.4, 0.5) is 5.69 Å². The summed E-state index contributed by atoms with van der Waals surface area (Å²) in [5.74, 6) is 0.754. The zero-order chi connectivity index (χ0) is 14.5. The number of nitrogen functional groups attached to an aromatic ring is 1. The Morgan fingerprint density at radius 2 is 2.05 bits per heavy atom. The normalized spacial score (nSPS) is 22.3. The summed E-state index contributed by atoms with van der Waals surface area (Å²) in [6.45, 7) is 2.15. The quantitative estimate of drug-likeness (QED) is 0.676. The second-order valence-electron chi connectivity index (χ2n) is 5.39. The smallest absolute Gasteiger partial charge is 0.338 e. The lowest BCUT2D eigenvalue weighted by molar-refractivity contribution is 0.000686. The molecule has 0 heterocycles. The molecule has 2 atom stereocenters. The van der Waals surface area contributed by atoms with E-state index in [9.17, 15) is 4.79 Å². The monoisotopic (exact) mass is 277 g/mol. The lowest BCUT2D eigenvalue weighted by Gasteiger charge is -2.30. The highest BCUT2D eigenvalue weighted by Gasteiger charge is 2.27. The molecular weight excluding hydrogens is 254 g/mol. The van der Waals surface area contributed by atoms with Gasteiger partial charge in [0.1, 0.15) is 11.9 Å². The van der Waals surface area contributed by atoms with Crippen molar-refractivity contribution in [3.05, 3.63) is 23.8 Å². The molecule has 1 saturated carbocycles. The van der Waals surface area contributed by atoms with E-state index in [1.807, 2.05) is 0 Å². The van der Waals surface area contributed by atoms with Crippen molar-refractivity contribution < 1.29 is 14.3 Å². The number of benzene rings is 1. The van der Waals surface area contributed by atoms with Gasteiger partial charge in [0.05, 0.1) is 12.7 Å². The minimum absolute atomic E-state index is 0.0358. The van der Waals surface area contributed by atoms with Crippen molar-refractivity contribution in [2.45, 2.75) is 45.1 Å². The molecule has 0 aliphatic heterocycles. The Bertz CT molecular complexity index is 473. The van der Waals surface area contributed by atoms with E-state index in [0.717, 1.165) is 25.7 Å². The molecule has 1 aliphatic carbocycles. The molecular formula is C16H23NO3. The number of rotatable bonds is 4. The lowest BCUT2D eigenvalue weighted by atomic mass is 9.85. The van der Waals surface area contributed by atoms with Gasteiger partial charge < -0.3 is 15.2 Å². The van der Waals surface area contributed by atoms with Gasteiger partial charge in [-0.05, 0) is 43.7 Å². The maximum absolute atomic E-state index is 12.3. The van der Waals surface area contributed by atoms with Crippen molar-refractivity contribution in [1.82, 2.24) is 0 Å². The van der Waals surface area contributed by atoms with Gasteiger partial charge in [0.25, 0.3) is 0 Å². The predicted molar refractivity (Wildman–Crippen MR) is 78.9 cm³/mol. The second-order valence-corrected chi connectivity index (χ2v) is 5.39. The number of carbonyl (C=O) groups is 1. The van der Waals surface area contributed by atoms with Crippen LogP contribution in [0.3, 0.4) is 0 Å². The molecule has 1 aliphatic rings. The molecule has 0 aromatic heterocycles. The number of hydrogen-bond donors (Lipinski definition) is 1. The fourth-order valence-corrected chi connectivity index (χ4v) is 2.86. The lowest BCUT2D eigenvalue weighted by Crippen LogP contribution is -2.29. The Hall–Kier alpha value is -1.71. The minimum Gasteiger partial charge on any atom is -0.497 e. The molecule has 0 spiro atoms. The van der Waals surface area contributed by atoms with Crippen molar-refractivity contribution >= 4 is 11.7 Å². The summed E-state index contributed by atoms with van der Waals surface area (Å²) in [5, 5.41) is 0. The highest BCUT2D eigenvalue weighted by Crippen LogP contribution is 2.30. The van der Waals surface area contributed by atoms with E-state index >= 15 is 0 Å². The molecule has 4 heteroatoms. The van der Waals surface area contributed by atoms with Gasteiger partial charge in [-0.15, -0.1) is 0 Å². The average molecular weight is 277 g/mol. The van der Waals surface area contributed by atoms with Gasteiger partial charge in [0.15, 0.2) is 0 Å². The highest BCUT2D eigenvalue weighted by atomic mass is 16.5. The summed E-state index contributed by atoms with van der Waals surface area (Å²) in [4.78, 5) is 12.3. The predicted octanol–water partition coefficient (Wildman–Crippen LogP) is 3.40. The largest absolute Gasteiger partial charge is 0.497 e. The summed E-state index contributed by atoms with van der Waals surface area (Å²) in [5.41, 5.74) is 6.74. The first kappa shape index (κ1) is 14.7. The van der Waals surface area contributed by atoms with Crippen LogP contribution in [0.15, 0.2) is 18.2 Å². The summed E-state index contributed by atoms with van der Waals surface area (Å²) in [7, 11) is 1.55. The van der Waals surface area contributed by atoms with Crippen LogP contribution in [-0.2, 0) is 4.74 Å². The number of anilines is 1. The summed E-state index contributed by atoms with van der Waals surface area (Å²) >= 11 is 0. The first-order chi connectivity index (χ1) is 9.63. The molecule has 2 rings (SSSR count). The summed E-state index contributed by atoms with van der Waals surface area (Å²) in [6.07, 6.45) is 5.57. The number of ether oxygens (including phenoxy) is 2. The summed E-state index contributed by atoms with van der Waals surface area (Å²) < 4.78 is 10.8.